The molecule has 2 aliphatic rings. The summed E-state index contributed by atoms with van der Waals surface area (Å²) in [5.41, 5.74) is 4.80. The summed E-state index contributed by atoms with van der Waals surface area (Å²) in [5, 5.41) is 27.3. The van der Waals surface area contributed by atoms with Gasteiger partial charge in [0.05, 0.1) is 0 Å². The van der Waals surface area contributed by atoms with E-state index in [1.54, 1.807) is 0 Å². The number of oxime groups is 1. The molecule has 0 unspecified atom stereocenters. The molecular formula is C20H22N6O11S2. The molecule has 0 saturated carbocycles. The maximum Gasteiger partial charge on any atom is 0.413 e. The van der Waals surface area contributed by atoms with Crippen LogP contribution in [-0.2, 0) is 38.3 Å². The van der Waals surface area contributed by atoms with Crippen LogP contribution in [0.4, 0.5) is 9.93 Å². The first-order valence-electron chi connectivity index (χ1n) is 10.8. The fourth-order valence-corrected chi connectivity index (χ4v) is 5.30. The molecule has 39 heavy (non-hydrogen) atoms. The van der Waals surface area contributed by atoms with E-state index in [-0.39, 0.29) is 40.2 Å². The van der Waals surface area contributed by atoms with Gasteiger partial charge in [0.15, 0.2) is 10.8 Å². The number of carboxylic acid groups (broad SMARTS) is 2. The number of carbonyl (C=O) groups is 6. The number of thiazole rings is 1. The van der Waals surface area contributed by atoms with Gasteiger partial charge in [-0.05, 0) is 0 Å². The van der Waals surface area contributed by atoms with Crippen molar-refractivity contribution in [2.45, 2.75) is 24.4 Å². The molecule has 2 aliphatic heterocycles. The van der Waals surface area contributed by atoms with E-state index in [0.717, 1.165) is 16.2 Å². The van der Waals surface area contributed by atoms with E-state index in [0.29, 0.717) is 0 Å². The van der Waals surface area contributed by atoms with Crippen molar-refractivity contribution in [1.29, 1.82) is 0 Å². The third-order valence-corrected chi connectivity index (χ3v) is 7.15. The van der Waals surface area contributed by atoms with E-state index in [1.165, 1.54) is 31.2 Å². The Balaban J connectivity index is 1.67. The highest BCUT2D eigenvalue weighted by Crippen LogP contribution is 2.40. The highest BCUT2D eigenvalue weighted by Gasteiger charge is 2.54. The molecule has 210 valence electrons. The number of esters is 1. The molecular weight excluding hydrogens is 564 g/mol. The van der Waals surface area contributed by atoms with E-state index >= 15 is 0 Å². The molecule has 3 amide bonds. The van der Waals surface area contributed by atoms with Gasteiger partial charge in [-0.15, -0.1) is 23.1 Å². The number of carboxylic acids is 2. The van der Waals surface area contributed by atoms with Crippen molar-refractivity contribution in [1.82, 2.24) is 15.2 Å². The molecule has 1 fully saturated rings. The smallest absolute Gasteiger partial charge is 0.413 e. The van der Waals surface area contributed by atoms with Crippen LogP contribution in [0.25, 0.3) is 0 Å². The number of aromatic nitrogens is 1. The molecule has 3 heterocycles. The van der Waals surface area contributed by atoms with Crippen LogP contribution in [-0.4, -0.2) is 105 Å². The molecule has 1 saturated heterocycles. The van der Waals surface area contributed by atoms with Crippen LogP contribution >= 0.6 is 23.1 Å². The summed E-state index contributed by atoms with van der Waals surface area (Å²) in [4.78, 5) is 81.1. The van der Waals surface area contributed by atoms with Gasteiger partial charge in [0.2, 0.25) is 0 Å². The minimum atomic E-state index is -1.42. The Morgan fingerprint density at radius 1 is 1.28 bits per heavy atom. The summed E-state index contributed by atoms with van der Waals surface area (Å²) in [6.07, 6.45) is -1.04. The Kier molecular flexibility index (Phi) is 9.43. The number of carbonyl (C=O) groups excluding carboxylic acids is 4. The largest absolute Gasteiger partial charge is 0.480 e. The summed E-state index contributed by atoms with van der Waals surface area (Å²) >= 11 is 2.06. The number of nitrogens with one attached hydrogen (secondary N) is 2. The number of ether oxygens (including phenoxy) is 2. The number of amides is 3. The number of thioether (sulfide) groups is 1. The lowest BCUT2D eigenvalue weighted by molar-refractivity contribution is -0.150. The lowest BCUT2D eigenvalue weighted by Gasteiger charge is -2.49. The molecule has 0 aromatic carbocycles. The number of β-lactam (4-membered cyclic amide) rings is 1. The topological polar surface area (TPSA) is 249 Å². The first-order valence-corrected chi connectivity index (χ1v) is 12.7. The second-order valence-electron chi connectivity index (χ2n) is 7.73. The predicted molar refractivity (Wildman–Crippen MR) is 133 cm³/mol. The summed E-state index contributed by atoms with van der Waals surface area (Å²) in [5.74, 6) is -4.77. The van der Waals surface area contributed by atoms with Gasteiger partial charge in [0.25, 0.3) is 11.8 Å². The van der Waals surface area contributed by atoms with Crippen LogP contribution in [0.1, 0.15) is 12.6 Å². The third-order valence-electron chi connectivity index (χ3n) is 5.05. The molecule has 0 spiro atoms. The minimum Gasteiger partial charge on any atom is -0.480 e. The van der Waals surface area contributed by atoms with Crippen molar-refractivity contribution in [3.8, 4) is 0 Å². The van der Waals surface area contributed by atoms with Crippen LogP contribution in [0.15, 0.2) is 21.8 Å². The summed E-state index contributed by atoms with van der Waals surface area (Å²) in [6.45, 7) is 0.292. The molecule has 0 radical (unpaired) electrons. The molecule has 3 atom stereocenters. The molecule has 3 rings (SSSR count). The fraction of sp³-hybridized carbons (Fsp3) is 0.400. The zero-order valence-electron chi connectivity index (χ0n) is 20.2. The molecule has 1 aromatic heterocycles. The predicted octanol–water partition coefficient (Wildman–Crippen LogP) is -1.24. The second-order valence-corrected chi connectivity index (χ2v) is 9.69. The van der Waals surface area contributed by atoms with E-state index in [2.05, 4.69) is 20.8 Å². The number of rotatable bonds is 11. The number of aliphatic carboxylic acids is 2. The number of hydrogen-bond donors (Lipinski definition) is 5. The van der Waals surface area contributed by atoms with E-state index < -0.39 is 59.9 Å². The zero-order valence-corrected chi connectivity index (χ0v) is 21.9. The van der Waals surface area contributed by atoms with E-state index in [9.17, 15) is 33.9 Å². The van der Waals surface area contributed by atoms with Crippen LogP contribution in [0.5, 0.6) is 0 Å². The van der Waals surface area contributed by atoms with Gasteiger partial charge in [-0.3, -0.25) is 29.4 Å². The third kappa shape index (κ3) is 6.81. The Bertz CT molecular complexity index is 1260. The normalized spacial score (nSPS) is 19.3. The SMILES string of the molecule is CON=C(C(=O)N[C@@H]1C(=O)N2C(C(=O)O)=C(COC(C)=O)CS[C@@H]12)c1csc(NC(=O)OC[C@@H](N)C(=O)O)n1. The van der Waals surface area contributed by atoms with Crippen LogP contribution in [0.2, 0.25) is 0 Å². The zero-order chi connectivity index (χ0) is 28.9. The number of fused-ring (bicyclic) bond motifs is 1. The molecule has 6 N–H and O–H groups in total. The van der Waals surface area contributed by atoms with Gasteiger partial charge >= 0.3 is 24.0 Å². The molecule has 19 heteroatoms. The molecule has 0 aliphatic carbocycles. The van der Waals surface area contributed by atoms with Crippen molar-refractivity contribution < 1.29 is 53.3 Å². The van der Waals surface area contributed by atoms with Crippen LogP contribution in [0.3, 0.4) is 0 Å². The van der Waals surface area contributed by atoms with Crippen molar-refractivity contribution in [3.63, 3.8) is 0 Å². The number of hydrogen-bond acceptors (Lipinski definition) is 14. The van der Waals surface area contributed by atoms with Crippen molar-refractivity contribution in [2.24, 2.45) is 10.9 Å². The van der Waals surface area contributed by atoms with Gasteiger partial charge in [-0.25, -0.2) is 14.6 Å². The number of nitrogens with zero attached hydrogens (tertiary/aromatic N) is 3. The average molecular weight is 587 g/mol. The van der Waals surface area contributed by atoms with Gasteiger partial charge in [-0.1, -0.05) is 5.16 Å². The average Bonchev–Trinajstić information content (AvgIpc) is 3.34. The Hall–Kier alpha value is -4.23. The first-order chi connectivity index (χ1) is 18.4. The Morgan fingerprint density at radius 3 is 2.62 bits per heavy atom. The van der Waals surface area contributed by atoms with Gasteiger partial charge in [0.1, 0.15) is 49.2 Å². The van der Waals surface area contributed by atoms with Crippen LogP contribution in [0, 0.1) is 0 Å². The molecule has 17 nitrogen and oxygen atoms in total. The fourth-order valence-electron chi connectivity index (χ4n) is 3.29. The summed E-state index contributed by atoms with van der Waals surface area (Å²) in [6, 6.07) is -2.51. The summed E-state index contributed by atoms with van der Waals surface area (Å²) < 4.78 is 9.58. The highest BCUT2D eigenvalue weighted by atomic mass is 32.2. The van der Waals surface area contributed by atoms with Crippen molar-refractivity contribution >= 4 is 69.8 Å². The van der Waals surface area contributed by atoms with Gasteiger partial charge in [-0.2, -0.15) is 0 Å². The van der Waals surface area contributed by atoms with Gasteiger partial charge in [0, 0.05) is 23.6 Å². The molecule has 1 aromatic rings. The summed E-state index contributed by atoms with van der Waals surface area (Å²) in [7, 11) is 1.17. The number of anilines is 1. The minimum absolute atomic E-state index is 0.0271. The quantitative estimate of drug-likeness (QED) is 0.0880. The number of nitrogens with two attached hydrogens (primary N) is 1. The highest BCUT2D eigenvalue weighted by molar-refractivity contribution is 8.00. The monoisotopic (exact) mass is 586 g/mol. The van der Waals surface area contributed by atoms with Crippen molar-refractivity contribution in [2.75, 3.05) is 31.4 Å². The maximum absolute atomic E-state index is 13.0. The lowest BCUT2D eigenvalue weighted by Crippen LogP contribution is -2.71. The van der Waals surface area contributed by atoms with E-state index in [1.807, 2.05) is 0 Å². The van der Waals surface area contributed by atoms with Crippen molar-refractivity contribution in [3.05, 3.63) is 22.3 Å². The van der Waals surface area contributed by atoms with Gasteiger partial charge < -0.3 is 35.6 Å². The maximum atomic E-state index is 13.0. The first kappa shape index (κ1) is 29.3. The Morgan fingerprint density at radius 2 is 2.00 bits per heavy atom. The standard InChI is InChI=1S/C20H22N6O11S2/c1-7(27)36-3-8-5-38-16-12(15(29)26(16)13(8)18(32)33)23-14(28)11(25-35-2)10-6-39-19(22-10)24-20(34)37-4-9(21)17(30)31/h6,9,12,16H,3-5,21H2,1-2H3,(H,23,28)(H,30,31)(H,32,33)(H,22,24,34)/t9-,12-,16+/m1/s1. The second kappa shape index (κ2) is 12.5. The lowest BCUT2D eigenvalue weighted by atomic mass is 10.0. The Labute approximate surface area is 227 Å². The van der Waals surface area contributed by atoms with E-state index in [4.69, 9.17) is 25.2 Å². The van der Waals surface area contributed by atoms with Crippen LogP contribution < -0.4 is 16.4 Å². The molecule has 0 bridgehead atoms.